The van der Waals surface area contributed by atoms with Crippen molar-refractivity contribution in [1.82, 2.24) is 9.21 Å². The van der Waals surface area contributed by atoms with Crippen molar-refractivity contribution in [3.63, 3.8) is 0 Å². The number of hydrogen-bond donors (Lipinski definition) is 0. The van der Waals surface area contributed by atoms with Gasteiger partial charge in [-0.05, 0) is 61.3 Å². The van der Waals surface area contributed by atoms with E-state index in [1.54, 1.807) is 24.3 Å². The third-order valence-corrected chi connectivity index (χ3v) is 7.61. The topological polar surface area (TPSA) is 59.1 Å². The molecule has 0 radical (unpaired) electrons. The van der Waals surface area contributed by atoms with Gasteiger partial charge >= 0.3 is 0 Å². The van der Waals surface area contributed by atoms with Gasteiger partial charge < -0.3 is 9.47 Å². The zero-order chi connectivity index (χ0) is 21.0. The lowest BCUT2D eigenvalue weighted by Gasteiger charge is -2.26. The van der Waals surface area contributed by atoms with E-state index in [1.807, 2.05) is 12.1 Å². The van der Waals surface area contributed by atoms with E-state index in [0.29, 0.717) is 38.7 Å². The van der Waals surface area contributed by atoms with Crippen LogP contribution in [0.5, 0.6) is 5.75 Å². The molecule has 0 aromatic heterocycles. The number of rotatable bonds is 7. The van der Waals surface area contributed by atoms with Crippen LogP contribution in [0.25, 0.3) is 0 Å². The van der Waals surface area contributed by atoms with Crippen molar-refractivity contribution in [2.75, 3.05) is 46.0 Å². The molecule has 2 aromatic rings. The molecule has 0 aliphatic carbocycles. The Hall–Kier alpha value is -2.00. The summed E-state index contributed by atoms with van der Waals surface area (Å²) in [6, 6.07) is 13.6. The van der Waals surface area contributed by atoms with E-state index < -0.39 is 10.0 Å². The number of ether oxygens (including phenoxy) is 2. The Morgan fingerprint density at radius 1 is 1.00 bits per heavy atom. The van der Waals surface area contributed by atoms with Gasteiger partial charge in [0.25, 0.3) is 0 Å². The zero-order valence-electron chi connectivity index (χ0n) is 16.9. The number of nitrogens with zero attached hydrogens (tertiary/aromatic N) is 2. The van der Waals surface area contributed by atoms with Crippen LogP contribution in [0.4, 0.5) is 4.39 Å². The first kappa shape index (κ1) is 21.2. The fourth-order valence-electron chi connectivity index (χ4n) is 4.08. The molecule has 8 heteroatoms. The fraction of sp³-hybridized carbons (Fsp3) is 0.455. The highest BCUT2D eigenvalue weighted by molar-refractivity contribution is 7.89. The number of likely N-dealkylation sites (tertiary alicyclic amines) is 1. The van der Waals surface area contributed by atoms with Crippen LogP contribution in [0.3, 0.4) is 0 Å². The van der Waals surface area contributed by atoms with Gasteiger partial charge in [0.05, 0.1) is 18.1 Å². The van der Waals surface area contributed by atoms with Gasteiger partial charge in [0.15, 0.2) is 0 Å². The number of sulfonamides is 1. The predicted molar refractivity (Wildman–Crippen MR) is 111 cm³/mol. The second-order valence-corrected chi connectivity index (χ2v) is 9.52. The van der Waals surface area contributed by atoms with Crippen LogP contribution in [0.2, 0.25) is 0 Å². The summed E-state index contributed by atoms with van der Waals surface area (Å²) in [4.78, 5) is 2.62. The van der Waals surface area contributed by atoms with Crippen LogP contribution in [0, 0.1) is 5.82 Å². The molecule has 0 saturated carbocycles. The maximum Gasteiger partial charge on any atom is 0.243 e. The minimum absolute atomic E-state index is 0.217. The molecule has 2 aliphatic heterocycles. The Labute approximate surface area is 177 Å². The molecular weight excluding hydrogens is 407 g/mol. The molecule has 2 aromatic carbocycles. The summed E-state index contributed by atoms with van der Waals surface area (Å²) in [5, 5.41) is 0. The molecule has 0 N–H and O–H groups in total. The summed E-state index contributed by atoms with van der Waals surface area (Å²) in [5.74, 6) is 0.430. The predicted octanol–water partition coefficient (Wildman–Crippen LogP) is 3.06. The number of halogens is 1. The fourth-order valence-corrected chi connectivity index (χ4v) is 5.49. The second-order valence-electron chi connectivity index (χ2n) is 7.58. The first-order valence-electron chi connectivity index (χ1n) is 10.3. The molecule has 30 heavy (non-hydrogen) atoms. The zero-order valence-corrected chi connectivity index (χ0v) is 17.7. The van der Waals surface area contributed by atoms with Crippen LogP contribution < -0.4 is 4.74 Å². The monoisotopic (exact) mass is 434 g/mol. The molecule has 0 bridgehead atoms. The SMILES string of the molecule is O=S(=O)(c1ccc(OCCN2CCCC2c2ccc(F)cc2)cc1)N1CCOCC1. The summed E-state index contributed by atoms with van der Waals surface area (Å²) in [5.41, 5.74) is 1.13. The summed E-state index contributed by atoms with van der Waals surface area (Å²) >= 11 is 0. The molecule has 2 aliphatic rings. The van der Waals surface area contributed by atoms with Gasteiger partial charge in [0.2, 0.25) is 10.0 Å². The maximum absolute atomic E-state index is 13.2. The molecule has 6 nitrogen and oxygen atoms in total. The van der Waals surface area contributed by atoms with E-state index >= 15 is 0 Å². The van der Waals surface area contributed by atoms with E-state index in [4.69, 9.17) is 9.47 Å². The Balaban J connectivity index is 1.31. The van der Waals surface area contributed by atoms with Gasteiger partial charge in [-0.3, -0.25) is 4.90 Å². The van der Waals surface area contributed by atoms with Crippen molar-refractivity contribution < 1.29 is 22.3 Å². The molecule has 162 valence electrons. The lowest BCUT2D eigenvalue weighted by atomic mass is 10.0. The molecule has 2 fully saturated rings. The van der Waals surface area contributed by atoms with Gasteiger partial charge in [-0.25, -0.2) is 12.8 Å². The minimum atomic E-state index is -3.49. The highest BCUT2D eigenvalue weighted by Crippen LogP contribution is 2.31. The molecular formula is C22H27FN2O4S. The van der Waals surface area contributed by atoms with Crippen LogP contribution in [-0.4, -0.2) is 63.6 Å². The lowest BCUT2D eigenvalue weighted by molar-refractivity contribution is 0.0730. The minimum Gasteiger partial charge on any atom is -0.492 e. The van der Waals surface area contributed by atoms with Gasteiger partial charge in [-0.1, -0.05) is 12.1 Å². The Morgan fingerprint density at radius 2 is 1.70 bits per heavy atom. The van der Waals surface area contributed by atoms with Crippen molar-refractivity contribution in [2.45, 2.75) is 23.8 Å². The molecule has 2 heterocycles. The smallest absolute Gasteiger partial charge is 0.243 e. The Bertz CT molecular complexity index is 929. The normalized spacial score (nSPS) is 21.0. The summed E-state index contributed by atoms with van der Waals surface area (Å²) in [7, 11) is -3.49. The van der Waals surface area contributed by atoms with E-state index in [2.05, 4.69) is 4.90 Å². The molecule has 0 spiro atoms. The molecule has 2 saturated heterocycles. The average molecular weight is 435 g/mol. The van der Waals surface area contributed by atoms with Crippen molar-refractivity contribution >= 4 is 10.0 Å². The summed E-state index contributed by atoms with van der Waals surface area (Å²) in [6.45, 7) is 3.87. The highest BCUT2D eigenvalue weighted by Gasteiger charge is 2.27. The van der Waals surface area contributed by atoms with Crippen molar-refractivity contribution in [3.8, 4) is 5.75 Å². The van der Waals surface area contributed by atoms with Crippen molar-refractivity contribution in [1.29, 1.82) is 0 Å². The number of hydrogen-bond acceptors (Lipinski definition) is 5. The van der Waals surface area contributed by atoms with Crippen LogP contribution in [0.1, 0.15) is 24.4 Å². The highest BCUT2D eigenvalue weighted by atomic mass is 32.2. The Kier molecular flexibility index (Phi) is 6.67. The molecule has 0 amide bonds. The van der Waals surface area contributed by atoms with Crippen molar-refractivity contribution in [3.05, 3.63) is 59.9 Å². The quantitative estimate of drug-likeness (QED) is 0.670. The third kappa shape index (κ3) is 4.83. The number of benzene rings is 2. The molecule has 1 unspecified atom stereocenters. The van der Waals surface area contributed by atoms with E-state index in [1.165, 1.54) is 16.4 Å². The van der Waals surface area contributed by atoms with Crippen molar-refractivity contribution in [2.24, 2.45) is 0 Å². The third-order valence-electron chi connectivity index (χ3n) is 5.70. The van der Waals surface area contributed by atoms with E-state index in [9.17, 15) is 12.8 Å². The van der Waals surface area contributed by atoms with Crippen LogP contribution in [0.15, 0.2) is 53.4 Å². The van der Waals surface area contributed by atoms with Gasteiger partial charge in [0, 0.05) is 25.7 Å². The first-order chi connectivity index (χ1) is 14.5. The van der Waals surface area contributed by atoms with Crippen LogP contribution in [-0.2, 0) is 14.8 Å². The van der Waals surface area contributed by atoms with Gasteiger partial charge in [-0.15, -0.1) is 0 Å². The molecule has 1 atom stereocenters. The first-order valence-corrected chi connectivity index (χ1v) is 11.8. The van der Waals surface area contributed by atoms with E-state index in [0.717, 1.165) is 31.5 Å². The largest absolute Gasteiger partial charge is 0.492 e. The summed E-state index contributed by atoms with van der Waals surface area (Å²) < 4.78 is 51.1. The lowest BCUT2D eigenvalue weighted by Crippen LogP contribution is -2.40. The van der Waals surface area contributed by atoms with Crippen LogP contribution >= 0.6 is 0 Å². The molecule has 4 rings (SSSR count). The average Bonchev–Trinajstić information content (AvgIpc) is 3.24. The van der Waals surface area contributed by atoms with E-state index in [-0.39, 0.29) is 16.8 Å². The summed E-state index contributed by atoms with van der Waals surface area (Å²) in [6.07, 6.45) is 2.16. The Morgan fingerprint density at radius 3 is 2.40 bits per heavy atom. The maximum atomic E-state index is 13.2. The van der Waals surface area contributed by atoms with Gasteiger partial charge in [-0.2, -0.15) is 4.31 Å². The van der Waals surface area contributed by atoms with Gasteiger partial charge in [0.1, 0.15) is 18.2 Å². The number of morpholine rings is 1. The second kappa shape index (κ2) is 9.43. The standard InChI is InChI=1S/C22H27FN2O4S/c23-19-5-3-18(4-6-19)22-2-1-11-24(22)12-17-29-20-7-9-21(10-8-20)30(26,27)25-13-15-28-16-14-25/h3-10,22H,1-2,11-17H2.